The van der Waals surface area contributed by atoms with Crippen LogP contribution in [-0.2, 0) is 6.18 Å². The van der Waals surface area contributed by atoms with Crippen LogP contribution in [0.2, 0.25) is 0 Å². The summed E-state index contributed by atoms with van der Waals surface area (Å²) < 4.78 is 42.3. The number of phenols is 5. The normalized spacial score (nSPS) is 11.2. The van der Waals surface area contributed by atoms with Crippen molar-refractivity contribution in [2.45, 2.75) is 68.5 Å². The van der Waals surface area contributed by atoms with E-state index in [1.807, 2.05) is 219 Å². The lowest BCUT2D eigenvalue weighted by molar-refractivity contribution is -0.137. The third-order valence-corrected chi connectivity index (χ3v) is 14.0. The first-order valence-electron chi connectivity index (χ1n) is 28.7. The number of methoxy groups -OCH3 is 1. The molecule has 0 saturated heterocycles. The maximum absolute atomic E-state index is 12.4. The van der Waals surface area contributed by atoms with Crippen molar-refractivity contribution in [2.24, 2.45) is 25.0 Å². The summed E-state index contributed by atoms with van der Waals surface area (Å²) in [6, 6.07) is 61.6. The molecule has 0 atom stereocenters. The number of ether oxygens (including phenoxy) is 1. The van der Waals surface area contributed by atoms with E-state index >= 15 is 0 Å². The lowest BCUT2D eigenvalue weighted by atomic mass is 10.1. The summed E-state index contributed by atoms with van der Waals surface area (Å²) in [6.07, 6.45) is 3.85. The Morgan fingerprint density at radius 2 is 0.567 bits per heavy atom. The van der Waals surface area contributed by atoms with Gasteiger partial charge in [0.05, 0.1) is 41.1 Å². The number of halogens is 3. The lowest BCUT2D eigenvalue weighted by Gasteiger charge is -2.06. The fourth-order valence-electron chi connectivity index (χ4n) is 8.46. The molecule has 0 heterocycles. The molecule has 90 heavy (non-hydrogen) atoms. The van der Waals surface area contributed by atoms with Crippen molar-refractivity contribution in [1.82, 2.24) is 0 Å². The molecule has 0 spiro atoms. The van der Waals surface area contributed by atoms with Crippen LogP contribution in [0.5, 0.6) is 34.5 Å². The van der Waals surface area contributed by atoms with Gasteiger partial charge in [0.1, 0.15) is 34.5 Å². The molecule has 0 saturated carbocycles. The Morgan fingerprint density at radius 1 is 0.300 bits per heavy atom. The number of benzene rings is 10. The van der Waals surface area contributed by atoms with Gasteiger partial charge in [0.2, 0.25) is 0 Å². The largest absolute Gasteiger partial charge is 0.507 e. The third-order valence-electron chi connectivity index (χ3n) is 14.0. The highest BCUT2D eigenvalue weighted by Crippen LogP contribution is 2.32. The molecule has 0 bridgehead atoms. The molecule has 0 radical (unpaired) electrons. The van der Waals surface area contributed by atoms with E-state index in [9.17, 15) is 38.7 Å². The van der Waals surface area contributed by atoms with Gasteiger partial charge in [-0.25, -0.2) is 0 Å². The Kier molecular flexibility index (Phi) is 25.3. The van der Waals surface area contributed by atoms with Crippen LogP contribution < -0.4 is 4.74 Å². The van der Waals surface area contributed by atoms with Gasteiger partial charge in [0.25, 0.3) is 0 Å². The molecule has 10 aromatic rings. The summed E-state index contributed by atoms with van der Waals surface area (Å²) in [6.45, 7) is 17.4. The number of aromatic hydroxyl groups is 5. The predicted molar refractivity (Wildman–Crippen MR) is 363 cm³/mol. The average molecular weight is 1210 g/mol. The summed E-state index contributed by atoms with van der Waals surface area (Å²) in [5.74, 6) is 2.08. The SMILES string of the molecule is COc1ccc(N=Cc2cccc(C)c2O)cc1.Cc1cccc(C=Nc2c(C)cccc2C)c1O.Cc1cccc(C=Nc2ccc(C(F)(F)F)cc2)c1O.Cc1ccccc1N=Cc1cccc(C)c1O.Cc1ccccc1N=Cc1cccc(C)c1O. The number of aryl methyl sites for hydroxylation is 9. The monoisotopic (exact) mass is 1210 g/mol. The quantitative estimate of drug-likeness (QED) is 0.0807. The van der Waals surface area contributed by atoms with Crippen molar-refractivity contribution in [3.05, 3.63) is 290 Å². The molecule has 0 aromatic heterocycles. The van der Waals surface area contributed by atoms with Crippen LogP contribution in [0.15, 0.2) is 231 Å². The van der Waals surface area contributed by atoms with Crippen molar-refractivity contribution in [2.75, 3.05) is 7.11 Å². The second-order valence-corrected chi connectivity index (χ2v) is 20.9. The lowest BCUT2D eigenvalue weighted by Crippen LogP contribution is -2.03. The highest BCUT2D eigenvalue weighted by molar-refractivity contribution is 5.89. The standard InChI is InChI=1S/C16H17NO.C15H12F3NO.C15H15NO2.2C15H15NO/c1-11-6-4-7-12(2)15(11)17-10-14-9-5-8-13(3)16(14)18;1-10-3-2-4-11(14(10)20)9-19-13-7-5-12(6-8-13)15(16,17)18;1-11-4-3-5-12(15(11)17)10-16-13-6-8-14(18-2)9-7-13;2*1-11-6-3-4-9-14(11)16-10-13-8-5-7-12(2)15(13)17/h4-10,18H,1-3H3;2-9,20H,1H3;3-10,17H,1-2H3;2*3-10,17H,1-2H3. The van der Waals surface area contributed by atoms with Crippen LogP contribution in [0, 0.1) is 62.3 Å². The highest BCUT2D eigenvalue weighted by Gasteiger charge is 2.30. The topological polar surface area (TPSA) is 172 Å². The zero-order chi connectivity index (χ0) is 65.3. The number of hydrogen-bond donors (Lipinski definition) is 5. The smallest absolute Gasteiger partial charge is 0.416 e. The van der Waals surface area contributed by atoms with Gasteiger partial charge in [0.15, 0.2) is 0 Å². The minimum atomic E-state index is -4.35. The van der Waals surface area contributed by atoms with Gasteiger partial charge in [-0.05, 0) is 203 Å². The summed E-state index contributed by atoms with van der Waals surface area (Å²) >= 11 is 0. The minimum absolute atomic E-state index is 0.114. The zero-order valence-electron chi connectivity index (χ0n) is 52.0. The van der Waals surface area contributed by atoms with E-state index in [0.717, 1.165) is 102 Å². The maximum atomic E-state index is 12.4. The van der Waals surface area contributed by atoms with E-state index in [1.165, 1.54) is 18.3 Å². The van der Waals surface area contributed by atoms with Crippen LogP contribution in [0.25, 0.3) is 0 Å². The molecule has 5 N–H and O–H groups in total. The first-order chi connectivity index (χ1) is 43.0. The van der Waals surface area contributed by atoms with Crippen LogP contribution in [0.3, 0.4) is 0 Å². The van der Waals surface area contributed by atoms with E-state index < -0.39 is 11.7 Å². The number of alkyl halides is 3. The Morgan fingerprint density at radius 3 is 0.878 bits per heavy atom. The maximum Gasteiger partial charge on any atom is 0.416 e. The number of hydrogen-bond acceptors (Lipinski definition) is 11. The first kappa shape index (κ1) is 68.3. The molecule has 10 aromatic carbocycles. The third kappa shape index (κ3) is 20.4. The summed E-state index contributed by atoms with van der Waals surface area (Å²) in [5.41, 5.74) is 15.4. The van der Waals surface area contributed by atoms with Crippen LogP contribution in [0.1, 0.15) is 83.5 Å². The highest BCUT2D eigenvalue weighted by atomic mass is 19.4. The van der Waals surface area contributed by atoms with E-state index in [4.69, 9.17) is 4.74 Å². The Bertz CT molecular complexity index is 4030. The molecule has 460 valence electrons. The van der Waals surface area contributed by atoms with Crippen LogP contribution >= 0.6 is 0 Å². The number of para-hydroxylation sites is 8. The predicted octanol–water partition coefficient (Wildman–Crippen LogP) is 19.5. The van der Waals surface area contributed by atoms with Gasteiger partial charge >= 0.3 is 6.18 Å². The second-order valence-electron chi connectivity index (χ2n) is 20.9. The van der Waals surface area contributed by atoms with Crippen molar-refractivity contribution in [3.8, 4) is 34.5 Å². The van der Waals surface area contributed by atoms with E-state index in [-0.39, 0.29) is 11.5 Å². The summed E-state index contributed by atoms with van der Waals surface area (Å²) in [5, 5.41) is 49.3. The molecule has 0 aliphatic carbocycles. The molecule has 14 heteroatoms. The zero-order valence-corrected chi connectivity index (χ0v) is 52.0. The van der Waals surface area contributed by atoms with Gasteiger partial charge in [-0.15, -0.1) is 0 Å². The van der Waals surface area contributed by atoms with Gasteiger partial charge in [-0.1, -0.05) is 115 Å². The molecule has 0 aliphatic rings. The molecule has 0 fully saturated rings. The van der Waals surface area contributed by atoms with Crippen LogP contribution in [0.4, 0.5) is 41.6 Å². The fourth-order valence-corrected chi connectivity index (χ4v) is 8.46. The number of aliphatic imine (C=N–C) groups is 5. The molecular formula is C76H74F3N5O6. The van der Waals surface area contributed by atoms with Crippen molar-refractivity contribution in [1.29, 1.82) is 0 Å². The summed E-state index contributed by atoms with van der Waals surface area (Å²) in [7, 11) is 1.63. The van der Waals surface area contributed by atoms with E-state index in [0.29, 0.717) is 39.6 Å². The molecular weight excluding hydrogens is 1140 g/mol. The van der Waals surface area contributed by atoms with Crippen molar-refractivity contribution >= 4 is 59.5 Å². The van der Waals surface area contributed by atoms with Gasteiger partial charge < -0.3 is 30.3 Å². The van der Waals surface area contributed by atoms with Crippen LogP contribution in [-0.4, -0.2) is 63.7 Å². The van der Waals surface area contributed by atoms with Gasteiger partial charge in [0, 0.05) is 58.9 Å². The Labute approximate surface area is 525 Å². The minimum Gasteiger partial charge on any atom is -0.507 e. The Hall–Kier alpha value is -10.9. The summed E-state index contributed by atoms with van der Waals surface area (Å²) in [4.78, 5) is 21.6. The number of rotatable bonds is 11. The number of nitrogens with zero attached hydrogens (tertiary/aromatic N) is 5. The number of phenolic OH excluding ortho intramolecular Hbond substituents is 5. The van der Waals surface area contributed by atoms with E-state index in [2.05, 4.69) is 25.0 Å². The molecule has 0 aliphatic heterocycles. The van der Waals surface area contributed by atoms with Gasteiger partial charge in [-0.3, -0.25) is 25.0 Å². The molecule has 11 nitrogen and oxygen atoms in total. The molecule has 10 rings (SSSR count). The van der Waals surface area contributed by atoms with Crippen molar-refractivity contribution < 1.29 is 43.4 Å². The first-order valence-corrected chi connectivity index (χ1v) is 28.7. The molecule has 0 unspecified atom stereocenters. The average Bonchev–Trinajstić information content (AvgIpc) is 3.28. The Balaban J connectivity index is 0.000000179. The van der Waals surface area contributed by atoms with Crippen molar-refractivity contribution in [3.63, 3.8) is 0 Å². The fraction of sp³-hybridized carbons (Fsp3) is 0.145. The van der Waals surface area contributed by atoms with Gasteiger partial charge in [-0.2, -0.15) is 13.2 Å². The molecule has 0 amide bonds. The second kappa shape index (κ2) is 33.3. The van der Waals surface area contributed by atoms with E-state index in [1.54, 1.807) is 57.1 Å².